The predicted octanol–water partition coefficient (Wildman–Crippen LogP) is 5.37. The first-order valence-electron chi connectivity index (χ1n) is 16.9. The number of aliphatic hydroxyl groups is 1. The summed E-state index contributed by atoms with van der Waals surface area (Å²) in [6.45, 7) is 8.60. The van der Waals surface area contributed by atoms with Crippen molar-refractivity contribution in [2.45, 2.75) is 51.2 Å². The summed E-state index contributed by atoms with van der Waals surface area (Å²) in [5.74, 6) is -1.28. The van der Waals surface area contributed by atoms with Crippen molar-refractivity contribution in [3.05, 3.63) is 127 Å². The van der Waals surface area contributed by atoms with Crippen LogP contribution >= 0.6 is 0 Å². The molecule has 0 bridgehead atoms. The lowest BCUT2D eigenvalue weighted by Crippen LogP contribution is -2.44. The van der Waals surface area contributed by atoms with E-state index in [0.29, 0.717) is 44.5 Å². The van der Waals surface area contributed by atoms with E-state index in [4.69, 9.17) is 19.3 Å². The molecule has 0 aliphatic rings. The SMILES string of the molecule is C=CCCC(Cc1ccccc1)C(=O)OCC(Cc1ccc(OCc2ccccc2)cc1)NC(=O)C(CC=C)CC(=O)NCCOCCO. The Balaban J connectivity index is 1.69. The number of allylic oxidation sites excluding steroid dienone is 2. The van der Waals surface area contributed by atoms with Gasteiger partial charge in [0.15, 0.2) is 0 Å². The fourth-order valence-corrected chi connectivity index (χ4v) is 5.25. The highest BCUT2D eigenvalue weighted by Crippen LogP contribution is 2.19. The third-order valence-corrected chi connectivity index (χ3v) is 7.86. The van der Waals surface area contributed by atoms with Crippen LogP contribution in [0.3, 0.4) is 0 Å². The fraction of sp³-hybridized carbons (Fsp3) is 0.375. The van der Waals surface area contributed by atoms with Gasteiger partial charge in [-0.1, -0.05) is 84.9 Å². The quantitative estimate of drug-likeness (QED) is 0.0666. The molecule has 0 saturated carbocycles. The smallest absolute Gasteiger partial charge is 0.309 e. The second kappa shape index (κ2) is 22.8. The van der Waals surface area contributed by atoms with Crippen molar-refractivity contribution in [1.82, 2.24) is 10.6 Å². The molecule has 262 valence electrons. The highest BCUT2D eigenvalue weighted by atomic mass is 16.5. The van der Waals surface area contributed by atoms with E-state index < -0.39 is 12.0 Å². The van der Waals surface area contributed by atoms with Gasteiger partial charge < -0.3 is 30.0 Å². The molecule has 0 saturated heterocycles. The van der Waals surface area contributed by atoms with E-state index in [2.05, 4.69) is 23.8 Å². The lowest BCUT2D eigenvalue weighted by atomic mass is 9.95. The van der Waals surface area contributed by atoms with E-state index in [0.717, 1.165) is 16.7 Å². The molecule has 0 heterocycles. The van der Waals surface area contributed by atoms with Crippen LogP contribution in [0, 0.1) is 11.8 Å². The number of esters is 1. The van der Waals surface area contributed by atoms with Gasteiger partial charge in [-0.3, -0.25) is 14.4 Å². The third-order valence-electron chi connectivity index (χ3n) is 7.86. The Labute approximate surface area is 290 Å². The molecule has 49 heavy (non-hydrogen) atoms. The highest BCUT2D eigenvalue weighted by Gasteiger charge is 2.26. The fourth-order valence-electron chi connectivity index (χ4n) is 5.25. The van der Waals surface area contributed by atoms with Crippen molar-refractivity contribution in [2.24, 2.45) is 11.8 Å². The molecule has 0 aromatic heterocycles. The van der Waals surface area contributed by atoms with Crippen LogP contribution < -0.4 is 15.4 Å². The molecule has 0 fully saturated rings. The van der Waals surface area contributed by atoms with Crippen LogP contribution in [0.2, 0.25) is 0 Å². The van der Waals surface area contributed by atoms with Crippen LogP contribution in [-0.2, 0) is 43.3 Å². The van der Waals surface area contributed by atoms with Gasteiger partial charge in [-0.15, -0.1) is 13.2 Å². The molecule has 3 atom stereocenters. The molecule has 0 aliphatic carbocycles. The van der Waals surface area contributed by atoms with Gasteiger partial charge in [0, 0.05) is 13.0 Å². The predicted molar refractivity (Wildman–Crippen MR) is 191 cm³/mol. The topological polar surface area (TPSA) is 123 Å². The van der Waals surface area contributed by atoms with E-state index in [-0.39, 0.29) is 63.1 Å². The van der Waals surface area contributed by atoms with Crippen LogP contribution in [0.4, 0.5) is 0 Å². The zero-order valence-electron chi connectivity index (χ0n) is 28.3. The van der Waals surface area contributed by atoms with Gasteiger partial charge in [-0.25, -0.2) is 0 Å². The number of amides is 2. The minimum absolute atomic E-state index is 0.0363. The first kappa shape index (κ1) is 38.7. The Morgan fingerprint density at radius 1 is 0.796 bits per heavy atom. The van der Waals surface area contributed by atoms with Crippen molar-refractivity contribution < 1.29 is 33.7 Å². The third kappa shape index (κ3) is 15.4. The standard InChI is InChI=1S/C40H50N2O7/c1-3-5-17-35(26-31-13-8-6-9-14-31)40(46)49-30-36(27-32-18-20-37(21-19-32)48-29-33-15-10-7-11-16-33)42-39(45)34(12-4-2)28-38(44)41-22-24-47-25-23-43/h3-4,6-11,13-16,18-21,34-36,43H,1-2,5,12,17,22-30H2,(H,41,44)(H,42,45). The Morgan fingerprint density at radius 2 is 1.47 bits per heavy atom. The molecule has 3 aromatic carbocycles. The van der Waals surface area contributed by atoms with Gasteiger partial charge in [0.1, 0.15) is 19.0 Å². The number of benzene rings is 3. The van der Waals surface area contributed by atoms with Gasteiger partial charge in [0.25, 0.3) is 0 Å². The van der Waals surface area contributed by atoms with Crippen LogP contribution in [-0.4, -0.2) is 61.9 Å². The van der Waals surface area contributed by atoms with Crippen LogP contribution in [0.25, 0.3) is 0 Å². The molecule has 2 amide bonds. The minimum atomic E-state index is -0.666. The molecule has 0 aliphatic heterocycles. The molecule has 9 nitrogen and oxygen atoms in total. The second-order valence-electron chi connectivity index (χ2n) is 11.8. The number of nitrogens with one attached hydrogen (secondary N) is 2. The highest BCUT2D eigenvalue weighted by molar-refractivity contribution is 5.86. The van der Waals surface area contributed by atoms with Crippen molar-refractivity contribution >= 4 is 17.8 Å². The summed E-state index contributed by atoms with van der Waals surface area (Å²) in [5.41, 5.74) is 3.02. The summed E-state index contributed by atoms with van der Waals surface area (Å²) in [5, 5.41) is 14.6. The van der Waals surface area contributed by atoms with E-state index in [9.17, 15) is 14.4 Å². The van der Waals surface area contributed by atoms with Crippen molar-refractivity contribution in [2.75, 3.05) is 33.0 Å². The number of aliphatic hydroxyl groups excluding tert-OH is 1. The zero-order chi connectivity index (χ0) is 35.1. The molecule has 3 N–H and O–H groups in total. The maximum absolute atomic E-state index is 13.6. The Morgan fingerprint density at radius 3 is 2.12 bits per heavy atom. The van der Waals surface area contributed by atoms with Crippen LogP contribution in [0.1, 0.15) is 42.4 Å². The summed E-state index contributed by atoms with van der Waals surface area (Å²) >= 11 is 0. The summed E-state index contributed by atoms with van der Waals surface area (Å²) in [6, 6.07) is 26.8. The monoisotopic (exact) mass is 670 g/mol. The maximum Gasteiger partial charge on any atom is 0.309 e. The van der Waals surface area contributed by atoms with Crippen molar-refractivity contribution in [3.8, 4) is 5.75 Å². The molecule has 3 aromatic rings. The molecule has 0 radical (unpaired) electrons. The summed E-state index contributed by atoms with van der Waals surface area (Å²) in [4.78, 5) is 39.6. The number of ether oxygens (including phenoxy) is 3. The molecule has 9 heteroatoms. The Kier molecular flexibility index (Phi) is 18.0. The lowest BCUT2D eigenvalue weighted by molar-refractivity contribution is -0.150. The maximum atomic E-state index is 13.6. The normalized spacial score (nSPS) is 12.6. The van der Waals surface area contributed by atoms with Crippen molar-refractivity contribution in [1.29, 1.82) is 0 Å². The van der Waals surface area contributed by atoms with Gasteiger partial charge in [0.2, 0.25) is 11.8 Å². The average molecular weight is 671 g/mol. The van der Waals surface area contributed by atoms with Crippen molar-refractivity contribution in [3.63, 3.8) is 0 Å². The van der Waals surface area contributed by atoms with Crippen LogP contribution in [0.15, 0.2) is 110 Å². The average Bonchev–Trinajstić information content (AvgIpc) is 3.12. The van der Waals surface area contributed by atoms with Crippen LogP contribution in [0.5, 0.6) is 5.75 Å². The number of carbonyl (C=O) groups excluding carboxylic acids is 3. The van der Waals surface area contributed by atoms with Gasteiger partial charge in [-0.05, 0) is 60.9 Å². The number of hydrogen-bond acceptors (Lipinski definition) is 7. The molecular weight excluding hydrogens is 620 g/mol. The van der Waals surface area contributed by atoms with Gasteiger partial charge in [0.05, 0.1) is 37.7 Å². The van der Waals surface area contributed by atoms with E-state index >= 15 is 0 Å². The lowest BCUT2D eigenvalue weighted by Gasteiger charge is -2.24. The molecular formula is C40H50N2O7. The first-order chi connectivity index (χ1) is 23.9. The zero-order valence-corrected chi connectivity index (χ0v) is 28.3. The molecule has 0 spiro atoms. The minimum Gasteiger partial charge on any atom is -0.489 e. The largest absolute Gasteiger partial charge is 0.489 e. The molecule has 3 unspecified atom stereocenters. The number of rotatable bonds is 24. The first-order valence-corrected chi connectivity index (χ1v) is 16.9. The van der Waals surface area contributed by atoms with Gasteiger partial charge >= 0.3 is 5.97 Å². The van der Waals surface area contributed by atoms with E-state index in [1.807, 2.05) is 84.9 Å². The van der Waals surface area contributed by atoms with Gasteiger partial charge in [-0.2, -0.15) is 0 Å². The summed E-state index contributed by atoms with van der Waals surface area (Å²) in [7, 11) is 0. The molecule has 3 rings (SSSR count). The number of carbonyl (C=O) groups is 3. The Hall–Kier alpha value is -4.73. The summed E-state index contributed by atoms with van der Waals surface area (Å²) < 4.78 is 17.0. The second-order valence-corrected chi connectivity index (χ2v) is 11.8. The number of hydrogen-bond donors (Lipinski definition) is 3. The Bertz CT molecular complexity index is 1410. The summed E-state index contributed by atoms with van der Waals surface area (Å²) in [6.07, 6.45) is 5.85. The van der Waals surface area contributed by atoms with E-state index in [1.54, 1.807) is 12.2 Å². The van der Waals surface area contributed by atoms with E-state index in [1.165, 1.54) is 0 Å².